The van der Waals surface area contributed by atoms with Crippen LogP contribution >= 0.6 is 0 Å². The Labute approximate surface area is 109 Å². The molecule has 18 heavy (non-hydrogen) atoms. The summed E-state index contributed by atoms with van der Waals surface area (Å²) < 4.78 is 24.5. The summed E-state index contributed by atoms with van der Waals surface area (Å²) in [5.74, 6) is 0.425. The predicted octanol–water partition coefficient (Wildman–Crippen LogP) is 1.20. The molecule has 0 radical (unpaired) electrons. The fourth-order valence-electron chi connectivity index (χ4n) is 1.96. The third-order valence-corrected chi connectivity index (χ3v) is 4.87. The first-order valence-electron chi connectivity index (χ1n) is 6.38. The minimum absolute atomic E-state index is 0.124. The Morgan fingerprint density at radius 1 is 1.44 bits per heavy atom. The molecular weight excluding hydrogens is 250 g/mol. The molecule has 0 fully saturated rings. The first-order valence-corrected chi connectivity index (χ1v) is 8.20. The van der Waals surface area contributed by atoms with Crippen LogP contribution in [0.25, 0.3) is 0 Å². The van der Waals surface area contributed by atoms with Gasteiger partial charge in [0.2, 0.25) is 0 Å². The number of rotatable bonds is 7. The van der Waals surface area contributed by atoms with Gasteiger partial charge in [0.15, 0.2) is 0 Å². The number of sulfone groups is 1. The van der Waals surface area contributed by atoms with Crippen LogP contribution in [0.3, 0.4) is 0 Å². The van der Waals surface area contributed by atoms with Gasteiger partial charge in [-0.25, -0.2) is 8.42 Å². The second kappa shape index (κ2) is 6.33. The summed E-state index contributed by atoms with van der Waals surface area (Å²) in [5, 5.41) is 4.34. The van der Waals surface area contributed by atoms with Crippen molar-refractivity contribution in [3.05, 3.63) is 17.5 Å². The maximum absolute atomic E-state index is 11.4. The highest BCUT2D eigenvalue weighted by atomic mass is 32.2. The van der Waals surface area contributed by atoms with E-state index in [0.717, 1.165) is 17.7 Å². The van der Waals surface area contributed by atoms with Crippen LogP contribution in [-0.2, 0) is 23.3 Å². The highest BCUT2D eigenvalue weighted by Crippen LogP contribution is 2.20. The molecule has 1 atom stereocenters. The molecule has 1 aromatic heterocycles. The summed E-state index contributed by atoms with van der Waals surface area (Å²) in [7, 11) is -1.01. The van der Waals surface area contributed by atoms with E-state index in [-0.39, 0.29) is 17.5 Å². The molecular formula is C12H23N3O2S. The standard InChI is InChI=1S/C12H23N3O2S/c1-4-12-10(9-15(3)14-12)11(13)7-6-8-18(16,17)5-2/h9,11H,4-8,13H2,1-3H3. The van der Waals surface area contributed by atoms with Crippen molar-refractivity contribution >= 4 is 9.84 Å². The molecule has 0 amide bonds. The van der Waals surface area contributed by atoms with Gasteiger partial charge in [0.25, 0.3) is 0 Å². The number of aromatic nitrogens is 2. The van der Waals surface area contributed by atoms with Crippen molar-refractivity contribution in [2.75, 3.05) is 11.5 Å². The van der Waals surface area contributed by atoms with Gasteiger partial charge in [0.1, 0.15) is 9.84 Å². The van der Waals surface area contributed by atoms with Crippen LogP contribution < -0.4 is 5.73 Å². The Morgan fingerprint density at radius 3 is 2.67 bits per heavy atom. The van der Waals surface area contributed by atoms with E-state index in [1.807, 2.05) is 20.2 Å². The largest absolute Gasteiger partial charge is 0.324 e. The Kier molecular flexibility index (Phi) is 5.34. The molecule has 0 aliphatic carbocycles. The Balaban J connectivity index is 2.57. The summed E-state index contributed by atoms with van der Waals surface area (Å²) in [5.41, 5.74) is 8.15. The lowest BCUT2D eigenvalue weighted by molar-refractivity contribution is 0.583. The first-order chi connectivity index (χ1) is 8.39. The Hall–Kier alpha value is -0.880. The van der Waals surface area contributed by atoms with Crippen LogP contribution in [0.4, 0.5) is 0 Å². The molecule has 2 N–H and O–H groups in total. The summed E-state index contributed by atoms with van der Waals surface area (Å²) in [6, 6.07) is -0.124. The van der Waals surface area contributed by atoms with Crippen molar-refractivity contribution < 1.29 is 8.42 Å². The number of aryl methyl sites for hydroxylation is 2. The van der Waals surface area contributed by atoms with Gasteiger partial charge in [-0.05, 0) is 19.3 Å². The fourth-order valence-corrected chi connectivity index (χ4v) is 2.86. The van der Waals surface area contributed by atoms with Crippen molar-refractivity contribution in [2.45, 2.75) is 39.2 Å². The number of nitrogens with zero attached hydrogens (tertiary/aromatic N) is 2. The molecule has 0 aliphatic heterocycles. The molecule has 5 nitrogen and oxygen atoms in total. The summed E-state index contributed by atoms with van der Waals surface area (Å²) in [6.45, 7) is 3.71. The molecule has 1 heterocycles. The van der Waals surface area contributed by atoms with E-state index in [4.69, 9.17) is 5.73 Å². The van der Waals surface area contributed by atoms with Crippen LogP contribution in [0.1, 0.15) is 44.0 Å². The third-order valence-electron chi connectivity index (χ3n) is 3.08. The van der Waals surface area contributed by atoms with Crippen molar-refractivity contribution in [3.8, 4) is 0 Å². The molecule has 0 aliphatic rings. The second-order valence-electron chi connectivity index (χ2n) is 4.54. The second-order valence-corrected chi connectivity index (χ2v) is 7.02. The lowest BCUT2D eigenvalue weighted by Crippen LogP contribution is -2.15. The molecule has 1 unspecified atom stereocenters. The summed E-state index contributed by atoms with van der Waals surface area (Å²) in [6.07, 6.45) is 4.06. The minimum atomic E-state index is -2.88. The minimum Gasteiger partial charge on any atom is -0.324 e. The maximum atomic E-state index is 11.4. The highest BCUT2D eigenvalue weighted by Gasteiger charge is 2.15. The molecule has 0 saturated carbocycles. The summed E-state index contributed by atoms with van der Waals surface area (Å²) in [4.78, 5) is 0. The third kappa shape index (κ3) is 4.10. The van der Waals surface area contributed by atoms with Gasteiger partial charge in [-0.1, -0.05) is 13.8 Å². The van der Waals surface area contributed by atoms with Gasteiger partial charge in [-0.15, -0.1) is 0 Å². The lowest BCUT2D eigenvalue weighted by atomic mass is 10.0. The average Bonchev–Trinajstić information content (AvgIpc) is 2.70. The number of hydrogen-bond donors (Lipinski definition) is 1. The zero-order chi connectivity index (χ0) is 13.8. The van der Waals surface area contributed by atoms with Gasteiger partial charge in [-0.2, -0.15) is 5.10 Å². The van der Waals surface area contributed by atoms with Crippen molar-refractivity contribution in [2.24, 2.45) is 12.8 Å². The van der Waals surface area contributed by atoms with Crippen molar-refractivity contribution in [3.63, 3.8) is 0 Å². The van der Waals surface area contributed by atoms with Gasteiger partial charge in [-0.3, -0.25) is 4.68 Å². The first kappa shape index (κ1) is 15.2. The number of hydrogen-bond acceptors (Lipinski definition) is 4. The lowest BCUT2D eigenvalue weighted by Gasteiger charge is -2.11. The SMILES string of the molecule is CCc1nn(C)cc1C(N)CCCS(=O)(=O)CC. The quantitative estimate of drug-likeness (QED) is 0.809. The molecule has 0 spiro atoms. The predicted molar refractivity (Wildman–Crippen MR) is 73.1 cm³/mol. The molecule has 0 bridgehead atoms. The van der Waals surface area contributed by atoms with Gasteiger partial charge < -0.3 is 5.73 Å². The zero-order valence-corrected chi connectivity index (χ0v) is 12.2. The van der Waals surface area contributed by atoms with Gasteiger partial charge >= 0.3 is 0 Å². The van der Waals surface area contributed by atoms with E-state index < -0.39 is 9.84 Å². The van der Waals surface area contributed by atoms with Crippen LogP contribution in [0.5, 0.6) is 0 Å². The Morgan fingerprint density at radius 2 is 2.11 bits per heavy atom. The smallest absolute Gasteiger partial charge is 0.150 e. The fraction of sp³-hybridized carbons (Fsp3) is 0.750. The molecule has 0 aromatic carbocycles. The van der Waals surface area contributed by atoms with E-state index in [1.165, 1.54) is 0 Å². The molecule has 1 rings (SSSR count). The average molecular weight is 273 g/mol. The Bertz CT molecular complexity index is 480. The molecule has 0 saturated heterocycles. The highest BCUT2D eigenvalue weighted by molar-refractivity contribution is 7.91. The van der Waals surface area contributed by atoms with Crippen molar-refractivity contribution in [1.29, 1.82) is 0 Å². The van der Waals surface area contributed by atoms with E-state index in [0.29, 0.717) is 12.8 Å². The van der Waals surface area contributed by atoms with Crippen LogP contribution in [0, 0.1) is 0 Å². The molecule has 6 heteroatoms. The monoisotopic (exact) mass is 273 g/mol. The van der Waals surface area contributed by atoms with Gasteiger partial charge in [0.05, 0.1) is 11.4 Å². The molecule has 104 valence electrons. The summed E-state index contributed by atoms with van der Waals surface area (Å²) >= 11 is 0. The van der Waals surface area contributed by atoms with Crippen LogP contribution in [-0.4, -0.2) is 29.7 Å². The van der Waals surface area contributed by atoms with Crippen molar-refractivity contribution in [1.82, 2.24) is 9.78 Å². The van der Waals surface area contributed by atoms with Crippen LogP contribution in [0.2, 0.25) is 0 Å². The normalized spacial score (nSPS) is 13.8. The van der Waals surface area contributed by atoms with E-state index in [1.54, 1.807) is 11.6 Å². The van der Waals surface area contributed by atoms with Crippen LogP contribution in [0.15, 0.2) is 6.20 Å². The van der Waals surface area contributed by atoms with E-state index in [9.17, 15) is 8.42 Å². The van der Waals surface area contributed by atoms with E-state index in [2.05, 4.69) is 5.10 Å². The zero-order valence-electron chi connectivity index (χ0n) is 11.4. The van der Waals surface area contributed by atoms with Gasteiger partial charge in [0, 0.05) is 30.6 Å². The van der Waals surface area contributed by atoms with E-state index >= 15 is 0 Å². The number of nitrogens with two attached hydrogens (primary N) is 1. The maximum Gasteiger partial charge on any atom is 0.150 e. The topological polar surface area (TPSA) is 78.0 Å². The molecule has 1 aromatic rings.